The van der Waals surface area contributed by atoms with Crippen molar-refractivity contribution in [2.75, 3.05) is 0 Å². The van der Waals surface area contributed by atoms with Gasteiger partial charge in [-0.3, -0.25) is 14.6 Å². The number of hydrogen-bond donors (Lipinski definition) is 1. The van der Waals surface area contributed by atoms with Gasteiger partial charge < -0.3 is 5.11 Å². The highest BCUT2D eigenvalue weighted by Gasteiger charge is 2.29. The van der Waals surface area contributed by atoms with Gasteiger partial charge in [-0.25, -0.2) is 4.39 Å². The lowest BCUT2D eigenvalue weighted by molar-refractivity contribution is -0.126. The molecule has 1 unspecified atom stereocenters. The van der Waals surface area contributed by atoms with Gasteiger partial charge in [-0.1, -0.05) is 42.5 Å². The molecule has 1 N–H and O–H groups in total. The van der Waals surface area contributed by atoms with E-state index in [-0.39, 0.29) is 30.2 Å². The number of rotatable bonds is 8. The maximum absolute atomic E-state index is 13.6. The minimum atomic E-state index is -0.994. The Bertz CT molecular complexity index is 1160. The maximum Gasteiger partial charge on any atom is 0.143 e. The van der Waals surface area contributed by atoms with Crippen molar-refractivity contribution in [2.45, 2.75) is 44.6 Å². The fourth-order valence-electron chi connectivity index (χ4n) is 3.87. The van der Waals surface area contributed by atoms with Gasteiger partial charge >= 0.3 is 0 Å². The summed E-state index contributed by atoms with van der Waals surface area (Å²) in [6, 6.07) is 14.2. The monoisotopic (exact) mass is 417 g/mol. The molecule has 0 radical (unpaired) electrons. The Balaban J connectivity index is 1.80. The van der Waals surface area contributed by atoms with E-state index < -0.39 is 6.10 Å². The van der Waals surface area contributed by atoms with E-state index in [0.29, 0.717) is 5.92 Å². The molecule has 4 nitrogen and oxygen atoms in total. The van der Waals surface area contributed by atoms with Gasteiger partial charge in [0, 0.05) is 28.9 Å². The number of para-hydroxylation sites is 1. The highest BCUT2D eigenvalue weighted by Crippen LogP contribution is 2.45. The summed E-state index contributed by atoms with van der Waals surface area (Å²) in [7, 11) is 0. The lowest BCUT2D eigenvalue weighted by Crippen LogP contribution is -2.13. The van der Waals surface area contributed by atoms with Gasteiger partial charge in [0.05, 0.1) is 23.7 Å². The Morgan fingerprint density at radius 2 is 1.87 bits per heavy atom. The number of carbonyl (C=O) groups is 2. The van der Waals surface area contributed by atoms with E-state index in [1.54, 1.807) is 18.2 Å². The predicted molar refractivity (Wildman–Crippen MR) is 119 cm³/mol. The first-order valence-corrected chi connectivity index (χ1v) is 10.5. The third-order valence-corrected chi connectivity index (χ3v) is 5.42. The van der Waals surface area contributed by atoms with E-state index in [2.05, 4.69) is 0 Å². The third kappa shape index (κ3) is 4.94. The number of fused-ring (bicyclic) bond motifs is 1. The summed E-state index contributed by atoms with van der Waals surface area (Å²) >= 11 is 0. The van der Waals surface area contributed by atoms with E-state index in [9.17, 15) is 19.1 Å². The van der Waals surface area contributed by atoms with Crippen molar-refractivity contribution in [1.29, 1.82) is 0 Å². The first-order chi connectivity index (χ1) is 14.9. The molecule has 3 aromatic rings. The molecule has 0 saturated heterocycles. The van der Waals surface area contributed by atoms with Gasteiger partial charge in [-0.2, -0.15) is 0 Å². The number of pyridine rings is 1. The van der Waals surface area contributed by atoms with Gasteiger partial charge in [0.2, 0.25) is 0 Å². The summed E-state index contributed by atoms with van der Waals surface area (Å²) in [5, 5.41) is 11.3. The average molecular weight is 417 g/mol. The molecule has 0 amide bonds. The van der Waals surface area contributed by atoms with Crippen LogP contribution in [0.4, 0.5) is 4.39 Å². The second-order valence-electron chi connectivity index (χ2n) is 8.13. The average Bonchev–Trinajstić information content (AvgIpc) is 3.56. The Kier molecular flexibility index (Phi) is 6.05. The fourth-order valence-corrected chi connectivity index (χ4v) is 3.87. The largest absolute Gasteiger partial charge is 0.389 e. The van der Waals surface area contributed by atoms with Crippen LogP contribution in [0.15, 0.2) is 54.6 Å². The molecule has 1 aliphatic rings. The molecule has 158 valence electrons. The van der Waals surface area contributed by atoms with Gasteiger partial charge in [0.25, 0.3) is 0 Å². The van der Waals surface area contributed by atoms with Gasteiger partial charge in [-0.05, 0) is 43.5 Å². The van der Waals surface area contributed by atoms with Crippen molar-refractivity contribution in [3.63, 3.8) is 0 Å². The van der Waals surface area contributed by atoms with Crippen LogP contribution in [0.25, 0.3) is 28.1 Å². The summed E-state index contributed by atoms with van der Waals surface area (Å²) in [6.45, 7) is 1.36. The Morgan fingerprint density at radius 3 is 2.55 bits per heavy atom. The number of benzene rings is 2. The van der Waals surface area contributed by atoms with Crippen molar-refractivity contribution < 1.29 is 19.1 Å². The zero-order valence-electron chi connectivity index (χ0n) is 17.3. The van der Waals surface area contributed by atoms with E-state index >= 15 is 0 Å². The predicted octanol–water partition coefficient (Wildman–Crippen LogP) is 5.23. The minimum absolute atomic E-state index is 0.109. The second-order valence-corrected chi connectivity index (χ2v) is 8.13. The van der Waals surface area contributed by atoms with Crippen LogP contribution in [-0.2, 0) is 9.59 Å². The molecule has 5 heteroatoms. The minimum Gasteiger partial charge on any atom is -0.389 e. The number of hydrogen-bond acceptors (Lipinski definition) is 4. The standard InChI is InChI=1S/C26H24FNO3/c1-16(29)14-21(31)15-20(30)12-13-23-25(17-8-10-19(27)11-9-17)22-4-2-3-5-24(22)28-26(23)18-6-7-18/h2-5,8-13,18,20,30H,6-7,14-15H2,1H3/b13-12+. The molecule has 31 heavy (non-hydrogen) atoms. The third-order valence-electron chi connectivity index (χ3n) is 5.42. The molecule has 0 bridgehead atoms. The van der Waals surface area contributed by atoms with Crippen LogP contribution in [0.1, 0.15) is 49.8 Å². The number of aliphatic hydroxyl groups excluding tert-OH is 1. The number of aromatic nitrogens is 1. The van der Waals surface area contributed by atoms with Crippen molar-refractivity contribution in [1.82, 2.24) is 4.98 Å². The summed E-state index contributed by atoms with van der Waals surface area (Å²) in [5.74, 6) is -0.460. The molecule has 1 aromatic heterocycles. The van der Waals surface area contributed by atoms with Crippen molar-refractivity contribution in [2.24, 2.45) is 0 Å². The van der Waals surface area contributed by atoms with E-state index in [1.165, 1.54) is 19.1 Å². The summed E-state index contributed by atoms with van der Waals surface area (Å²) in [5.41, 5.74) is 4.51. The van der Waals surface area contributed by atoms with Crippen molar-refractivity contribution in [3.8, 4) is 11.1 Å². The molecule has 1 fully saturated rings. The molecule has 1 aliphatic carbocycles. The quantitative estimate of drug-likeness (QED) is 0.510. The zero-order chi connectivity index (χ0) is 22.0. The molecular formula is C26H24FNO3. The fraction of sp³-hybridized carbons (Fsp3) is 0.269. The van der Waals surface area contributed by atoms with Crippen LogP contribution < -0.4 is 0 Å². The summed E-state index contributed by atoms with van der Waals surface area (Å²) in [4.78, 5) is 27.9. The normalized spacial score (nSPS) is 14.8. The number of halogens is 1. The van der Waals surface area contributed by atoms with Crippen LogP contribution in [0.2, 0.25) is 0 Å². The molecule has 2 aromatic carbocycles. The Hall–Kier alpha value is -3.18. The molecule has 4 rings (SSSR count). The van der Waals surface area contributed by atoms with Crippen LogP contribution >= 0.6 is 0 Å². The van der Waals surface area contributed by atoms with Crippen LogP contribution in [-0.4, -0.2) is 27.8 Å². The molecule has 1 heterocycles. The van der Waals surface area contributed by atoms with Crippen molar-refractivity contribution in [3.05, 3.63) is 71.7 Å². The number of aliphatic hydroxyl groups is 1. The van der Waals surface area contributed by atoms with Crippen LogP contribution in [0, 0.1) is 5.82 Å². The molecular weight excluding hydrogens is 393 g/mol. The smallest absolute Gasteiger partial charge is 0.143 e. The van der Waals surface area contributed by atoms with Gasteiger partial charge in [0.1, 0.15) is 17.4 Å². The molecule has 1 atom stereocenters. The van der Waals surface area contributed by atoms with E-state index in [0.717, 1.165) is 46.1 Å². The molecule has 1 saturated carbocycles. The maximum atomic E-state index is 13.6. The van der Waals surface area contributed by atoms with Crippen LogP contribution in [0.5, 0.6) is 0 Å². The van der Waals surface area contributed by atoms with E-state index in [4.69, 9.17) is 4.98 Å². The lowest BCUT2D eigenvalue weighted by atomic mass is 9.92. The summed E-state index contributed by atoms with van der Waals surface area (Å²) in [6.07, 6.45) is 4.23. The summed E-state index contributed by atoms with van der Waals surface area (Å²) < 4.78 is 13.6. The van der Waals surface area contributed by atoms with Gasteiger partial charge in [0.15, 0.2) is 0 Å². The number of carbonyl (C=O) groups excluding carboxylic acids is 2. The topological polar surface area (TPSA) is 67.3 Å². The number of nitrogens with zero attached hydrogens (tertiary/aromatic N) is 1. The van der Waals surface area contributed by atoms with Gasteiger partial charge in [-0.15, -0.1) is 0 Å². The Morgan fingerprint density at radius 1 is 1.16 bits per heavy atom. The molecule has 0 aliphatic heterocycles. The highest BCUT2D eigenvalue weighted by atomic mass is 19.1. The van der Waals surface area contributed by atoms with Crippen LogP contribution in [0.3, 0.4) is 0 Å². The van der Waals surface area contributed by atoms with Crippen molar-refractivity contribution >= 4 is 28.5 Å². The Labute approximate surface area is 180 Å². The SMILES string of the molecule is CC(=O)CC(=O)CC(O)/C=C/c1c(C2CC2)nc2ccccc2c1-c1ccc(F)cc1. The molecule has 0 spiro atoms. The second kappa shape index (κ2) is 8.90. The first-order valence-electron chi connectivity index (χ1n) is 10.5. The zero-order valence-corrected chi connectivity index (χ0v) is 17.3. The lowest BCUT2D eigenvalue weighted by Gasteiger charge is -2.16. The number of ketones is 2. The van der Waals surface area contributed by atoms with E-state index in [1.807, 2.05) is 30.3 Å². The number of Topliss-reactive ketones (excluding diaryl/α,β-unsaturated/α-hetero) is 2. The first kappa shape index (κ1) is 21.1. The highest BCUT2D eigenvalue weighted by molar-refractivity contribution is 6.00.